The monoisotopic (exact) mass is 486 g/mol. The maximum Gasteiger partial charge on any atom is 0.258 e. The molecule has 0 radical (unpaired) electrons. The highest BCUT2D eigenvalue weighted by Gasteiger charge is 2.23. The molecule has 2 amide bonds. The molecule has 186 valence electrons. The van der Waals surface area contributed by atoms with E-state index in [1.54, 1.807) is 23.1 Å². The fraction of sp³-hybridized carbons (Fsp3) is 0.310. The van der Waals surface area contributed by atoms with Gasteiger partial charge in [0, 0.05) is 24.4 Å². The van der Waals surface area contributed by atoms with E-state index in [0.717, 1.165) is 41.8 Å². The van der Waals surface area contributed by atoms with E-state index in [0.29, 0.717) is 30.2 Å². The van der Waals surface area contributed by atoms with Crippen molar-refractivity contribution >= 4 is 17.5 Å². The molecule has 2 aliphatic rings. The van der Waals surface area contributed by atoms with Crippen LogP contribution in [0.25, 0.3) is 0 Å². The Balaban J connectivity index is 1.37. The third-order valence-electron chi connectivity index (χ3n) is 6.46. The first-order valence-electron chi connectivity index (χ1n) is 12.3. The molecule has 0 saturated carbocycles. The predicted octanol–water partition coefficient (Wildman–Crippen LogP) is 4.41. The van der Waals surface area contributed by atoms with Gasteiger partial charge in [0.1, 0.15) is 0 Å². The second kappa shape index (κ2) is 10.8. The minimum Gasteiger partial charge on any atom is -0.454 e. The lowest BCUT2D eigenvalue weighted by molar-refractivity contribution is -0.120. The first kappa shape index (κ1) is 23.9. The Hall–Kier alpha value is -3.84. The van der Waals surface area contributed by atoms with Gasteiger partial charge in [-0.1, -0.05) is 42.0 Å². The number of benzene rings is 3. The van der Waals surface area contributed by atoms with Crippen molar-refractivity contribution in [2.45, 2.75) is 38.8 Å². The molecular formula is C29H30N2O5. The molecule has 5 rings (SSSR count). The number of amides is 2. The van der Waals surface area contributed by atoms with Crippen LogP contribution in [0.4, 0.5) is 5.69 Å². The Morgan fingerprint density at radius 1 is 0.972 bits per heavy atom. The van der Waals surface area contributed by atoms with E-state index >= 15 is 0 Å². The Labute approximate surface area is 211 Å². The highest BCUT2D eigenvalue weighted by atomic mass is 16.7. The summed E-state index contributed by atoms with van der Waals surface area (Å²) >= 11 is 0. The number of hydrogen-bond acceptors (Lipinski definition) is 5. The highest BCUT2D eigenvalue weighted by Crippen LogP contribution is 2.33. The summed E-state index contributed by atoms with van der Waals surface area (Å²) in [5.41, 5.74) is 4.23. The second-order valence-electron chi connectivity index (χ2n) is 9.23. The molecule has 1 saturated heterocycles. The normalized spacial score (nSPS) is 16.1. The van der Waals surface area contributed by atoms with Crippen LogP contribution >= 0.6 is 0 Å². The van der Waals surface area contributed by atoms with Crippen LogP contribution in [0.15, 0.2) is 66.7 Å². The summed E-state index contributed by atoms with van der Waals surface area (Å²) in [5.74, 6) is 0.976. The van der Waals surface area contributed by atoms with Crippen LogP contribution in [0.3, 0.4) is 0 Å². The van der Waals surface area contributed by atoms with Crippen LogP contribution in [0.2, 0.25) is 0 Å². The molecule has 3 aromatic carbocycles. The third kappa shape index (κ3) is 5.69. The van der Waals surface area contributed by atoms with E-state index in [2.05, 4.69) is 5.32 Å². The lowest BCUT2D eigenvalue weighted by Crippen LogP contribution is -2.33. The zero-order valence-electron chi connectivity index (χ0n) is 20.4. The zero-order valence-corrected chi connectivity index (χ0v) is 20.4. The molecule has 0 aliphatic carbocycles. The van der Waals surface area contributed by atoms with Gasteiger partial charge in [0.05, 0.1) is 19.1 Å². The van der Waals surface area contributed by atoms with Crippen molar-refractivity contribution in [3.05, 3.63) is 89.0 Å². The molecule has 1 unspecified atom stereocenters. The lowest BCUT2D eigenvalue weighted by Gasteiger charge is -2.24. The number of carbonyl (C=O) groups excluding carboxylic acids is 2. The molecule has 7 nitrogen and oxygen atoms in total. The molecule has 1 atom stereocenters. The predicted molar refractivity (Wildman–Crippen MR) is 136 cm³/mol. The van der Waals surface area contributed by atoms with Gasteiger partial charge in [-0.25, -0.2) is 0 Å². The van der Waals surface area contributed by atoms with Crippen LogP contribution in [0.1, 0.15) is 39.9 Å². The Morgan fingerprint density at radius 2 is 1.81 bits per heavy atom. The fourth-order valence-corrected chi connectivity index (χ4v) is 4.46. The summed E-state index contributed by atoms with van der Waals surface area (Å²) in [7, 11) is 0. The van der Waals surface area contributed by atoms with Crippen LogP contribution in [-0.4, -0.2) is 37.9 Å². The summed E-state index contributed by atoms with van der Waals surface area (Å²) in [6, 6.07) is 20.9. The summed E-state index contributed by atoms with van der Waals surface area (Å²) < 4.78 is 16.5. The molecule has 2 heterocycles. The average molecular weight is 487 g/mol. The van der Waals surface area contributed by atoms with E-state index in [1.807, 2.05) is 55.5 Å². The first-order valence-corrected chi connectivity index (χ1v) is 12.3. The van der Waals surface area contributed by atoms with Crippen molar-refractivity contribution in [2.24, 2.45) is 0 Å². The van der Waals surface area contributed by atoms with E-state index < -0.39 is 0 Å². The minimum absolute atomic E-state index is 0.0603. The van der Waals surface area contributed by atoms with Gasteiger partial charge in [-0.2, -0.15) is 0 Å². The van der Waals surface area contributed by atoms with Gasteiger partial charge in [-0.05, 0) is 61.2 Å². The number of rotatable bonds is 8. The smallest absolute Gasteiger partial charge is 0.258 e. The van der Waals surface area contributed by atoms with Crippen LogP contribution in [-0.2, 0) is 22.5 Å². The molecular weight excluding hydrogens is 456 g/mol. The highest BCUT2D eigenvalue weighted by molar-refractivity contribution is 6.06. The number of nitrogens with one attached hydrogen (secondary N) is 1. The van der Waals surface area contributed by atoms with Crippen molar-refractivity contribution in [3.8, 4) is 11.5 Å². The van der Waals surface area contributed by atoms with Gasteiger partial charge in [0.15, 0.2) is 11.5 Å². The van der Waals surface area contributed by atoms with E-state index in [-0.39, 0.29) is 31.1 Å². The van der Waals surface area contributed by atoms with Gasteiger partial charge >= 0.3 is 0 Å². The summed E-state index contributed by atoms with van der Waals surface area (Å²) in [6.45, 7) is 3.86. The SMILES string of the molecule is Cc1ccc(CN(C(=O)c2ccc3c(c2)OCO3)c2cccc(CC(=O)NCC3CCCO3)c2)cc1. The molecule has 0 aromatic heterocycles. The summed E-state index contributed by atoms with van der Waals surface area (Å²) in [6.07, 6.45) is 2.35. The number of hydrogen-bond donors (Lipinski definition) is 1. The quantitative estimate of drug-likeness (QED) is 0.511. The van der Waals surface area contributed by atoms with E-state index in [9.17, 15) is 9.59 Å². The Morgan fingerprint density at radius 3 is 2.61 bits per heavy atom. The summed E-state index contributed by atoms with van der Waals surface area (Å²) in [5, 5.41) is 2.97. The van der Waals surface area contributed by atoms with Crippen LogP contribution in [0, 0.1) is 6.92 Å². The van der Waals surface area contributed by atoms with Gasteiger partial charge < -0.3 is 24.4 Å². The van der Waals surface area contributed by atoms with Crippen molar-refractivity contribution in [1.29, 1.82) is 0 Å². The van der Waals surface area contributed by atoms with Crippen LogP contribution in [0.5, 0.6) is 11.5 Å². The molecule has 1 fully saturated rings. The Kier molecular flexibility index (Phi) is 7.18. The number of anilines is 1. The number of nitrogens with zero attached hydrogens (tertiary/aromatic N) is 1. The fourth-order valence-electron chi connectivity index (χ4n) is 4.46. The summed E-state index contributed by atoms with van der Waals surface area (Å²) in [4.78, 5) is 28.0. The molecule has 0 spiro atoms. The standard InChI is InChI=1S/C29H30N2O5/c1-20-7-9-21(10-8-20)18-31(29(33)23-11-12-26-27(16-23)36-19-35-26)24-5-2-4-22(14-24)15-28(32)30-17-25-6-3-13-34-25/h2,4-5,7-12,14,16,25H,3,6,13,15,17-19H2,1H3,(H,30,32). The van der Waals surface area contributed by atoms with Crippen LogP contribution < -0.4 is 19.7 Å². The maximum atomic E-state index is 13.7. The number of fused-ring (bicyclic) bond motifs is 1. The second-order valence-corrected chi connectivity index (χ2v) is 9.23. The van der Waals surface area contributed by atoms with Crippen molar-refractivity contribution in [2.75, 3.05) is 24.8 Å². The van der Waals surface area contributed by atoms with Gasteiger partial charge in [0.2, 0.25) is 12.7 Å². The molecule has 1 N–H and O–H groups in total. The van der Waals surface area contributed by atoms with Crippen molar-refractivity contribution in [1.82, 2.24) is 5.32 Å². The molecule has 3 aromatic rings. The first-order chi connectivity index (χ1) is 17.5. The average Bonchev–Trinajstić information content (AvgIpc) is 3.58. The molecule has 7 heteroatoms. The van der Waals surface area contributed by atoms with E-state index in [1.165, 1.54) is 0 Å². The molecule has 36 heavy (non-hydrogen) atoms. The van der Waals surface area contributed by atoms with E-state index in [4.69, 9.17) is 14.2 Å². The maximum absolute atomic E-state index is 13.7. The largest absolute Gasteiger partial charge is 0.454 e. The zero-order chi connectivity index (χ0) is 24.9. The molecule has 2 aliphatic heterocycles. The van der Waals surface area contributed by atoms with Crippen molar-refractivity contribution in [3.63, 3.8) is 0 Å². The Bertz CT molecular complexity index is 1230. The third-order valence-corrected chi connectivity index (χ3v) is 6.46. The van der Waals surface area contributed by atoms with Gasteiger partial charge in [0.25, 0.3) is 5.91 Å². The topological polar surface area (TPSA) is 77.1 Å². The minimum atomic E-state index is -0.158. The van der Waals surface area contributed by atoms with Crippen molar-refractivity contribution < 1.29 is 23.8 Å². The van der Waals surface area contributed by atoms with Gasteiger partial charge in [-0.3, -0.25) is 9.59 Å². The number of carbonyl (C=O) groups is 2. The number of aryl methyl sites for hydroxylation is 1. The lowest BCUT2D eigenvalue weighted by atomic mass is 10.1. The molecule has 0 bridgehead atoms. The van der Waals surface area contributed by atoms with Gasteiger partial charge in [-0.15, -0.1) is 0 Å². The number of ether oxygens (including phenoxy) is 3.